The van der Waals surface area contributed by atoms with E-state index < -0.39 is 34.0 Å². The minimum Gasteiger partial charge on any atom is -0.444 e. The molecule has 2 amide bonds. The molecule has 0 N–H and O–H groups in total. The molecule has 0 spiro atoms. The summed E-state index contributed by atoms with van der Waals surface area (Å²) < 4.78 is 33.2. The normalized spacial score (nSPS) is 25.1. The summed E-state index contributed by atoms with van der Waals surface area (Å²) in [5, 5.41) is 0. The second kappa shape index (κ2) is 7.49. The zero-order valence-corrected chi connectivity index (χ0v) is 16.2. The van der Waals surface area contributed by atoms with Gasteiger partial charge in [-0.25, -0.2) is 4.79 Å². The number of rotatable bonds is 3. The van der Waals surface area contributed by atoms with Crippen molar-refractivity contribution in [2.45, 2.75) is 64.2 Å². The first-order valence-electron chi connectivity index (χ1n) is 8.63. The van der Waals surface area contributed by atoms with Crippen LogP contribution in [0.4, 0.5) is 4.79 Å². The lowest BCUT2D eigenvalue weighted by molar-refractivity contribution is -0.138. The van der Waals surface area contributed by atoms with E-state index in [1.54, 1.807) is 25.7 Å². The highest BCUT2D eigenvalue weighted by molar-refractivity contribution is 7.86. The van der Waals surface area contributed by atoms with E-state index in [4.69, 9.17) is 8.92 Å². The van der Waals surface area contributed by atoms with Gasteiger partial charge in [-0.15, -0.1) is 0 Å². The van der Waals surface area contributed by atoms with E-state index in [1.165, 1.54) is 4.90 Å². The second-order valence-electron chi connectivity index (χ2n) is 7.68. The molecule has 2 heterocycles. The van der Waals surface area contributed by atoms with Gasteiger partial charge >= 0.3 is 6.09 Å². The van der Waals surface area contributed by atoms with Gasteiger partial charge in [0, 0.05) is 13.1 Å². The summed E-state index contributed by atoms with van der Waals surface area (Å²) in [4.78, 5) is 28.5. The number of nitrogens with zero attached hydrogens (tertiary/aromatic N) is 2. The van der Waals surface area contributed by atoms with Crippen molar-refractivity contribution >= 4 is 22.1 Å². The minimum absolute atomic E-state index is 0.0201. The predicted molar refractivity (Wildman–Crippen MR) is 91.5 cm³/mol. The van der Waals surface area contributed by atoms with Crippen LogP contribution in [-0.4, -0.2) is 73.9 Å². The highest BCUT2D eigenvalue weighted by Crippen LogP contribution is 2.25. The van der Waals surface area contributed by atoms with Gasteiger partial charge in [0.05, 0.1) is 18.9 Å². The van der Waals surface area contributed by atoms with E-state index in [1.807, 2.05) is 0 Å². The molecule has 8 nitrogen and oxygen atoms in total. The highest BCUT2D eigenvalue weighted by Gasteiger charge is 2.41. The van der Waals surface area contributed by atoms with Gasteiger partial charge in [0.1, 0.15) is 11.6 Å². The molecule has 0 radical (unpaired) electrons. The Labute approximate surface area is 149 Å². The van der Waals surface area contributed by atoms with Crippen molar-refractivity contribution in [2.24, 2.45) is 0 Å². The Hall–Kier alpha value is -1.35. The average Bonchev–Trinajstić information content (AvgIpc) is 2.97. The topological polar surface area (TPSA) is 93.2 Å². The van der Waals surface area contributed by atoms with Crippen LogP contribution in [-0.2, 0) is 23.8 Å². The largest absolute Gasteiger partial charge is 0.444 e. The molecule has 0 unspecified atom stereocenters. The smallest absolute Gasteiger partial charge is 0.411 e. The Balaban J connectivity index is 2.16. The first kappa shape index (κ1) is 20.0. The van der Waals surface area contributed by atoms with Crippen LogP contribution in [0, 0.1) is 0 Å². The first-order valence-corrected chi connectivity index (χ1v) is 10.4. The van der Waals surface area contributed by atoms with Gasteiger partial charge in [-0.2, -0.15) is 8.42 Å². The van der Waals surface area contributed by atoms with Crippen LogP contribution in [0.15, 0.2) is 0 Å². The number of carbonyl (C=O) groups is 2. The number of likely N-dealkylation sites (tertiary alicyclic amines) is 2. The van der Waals surface area contributed by atoms with Gasteiger partial charge in [-0.1, -0.05) is 0 Å². The van der Waals surface area contributed by atoms with E-state index >= 15 is 0 Å². The number of hydrogen-bond acceptors (Lipinski definition) is 6. The van der Waals surface area contributed by atoms with Crippen molar-refractivity contribution in [3.8, 4) is 0 Å². The number of amides is 2. The van der Waals surface area contributed by atoms with Crippen molar-refractivity contribution in [2.75, 3.05) is 25.9 Å². The van der Waals surface area contributed by atoms with Crippen LogP contribution in [0.2, 0.25) is 0 Å². The van der Waals surface area contributed by atoms with E-state index in [-0.39, 0.29) is 12.5 Å². The van der Waals surface area contributed by atoms with Gasteiger partial charge in [-0.3, -0.25) is 13.9 Å². The summed E-state index contributed by atoms with van der Waals surface area (Å²) in [6.07, 6.45) is 2.38. The third kappa shape index (κ3) is 5.85. The zero-order valence-electron chi connectivity index (χ0n) is 15.4. The van der Waals surface area contributed by atoms with Gasteiger partial charge in [0.15, 0.2) is 0 Å². The predicted octanol–water partition coefficient (Wildman–Crippen LogP) is 1.35. The van der Waals surface area contributed by atoms with Crippen molar-refractivity contribution in [1.82, 2.24) is 9.80 Å². The fraction of sp³-hybridized carbons (Fsp3) is 0.875. The summed E-state index contributed by atoms with van der Waals surface area (Å²) in [6.45, 7) is 6.65. The molecule has 25 heavy (non-hydrogen) atoms. The first-order chi connectivity index (χ1) is 11.5. The molecule has 2 rings (SSSR count). The highest BCUT2D eigenvalue weighted by atomic mass is 32.2. The second-order valence-corrected chi connectivity index (χ2v) is 9.28. The number of carbonyl (C=O) groups excluding carboxylic acids is 2. The molecular weight excluding hydrogens is 348 g/mol. The maximum Gasteiger partial charge on any atom is 0.411 e. The van der Waals surface area contributed by atoms with Gasteiger partial charge in [0.2, 0.25) is 5.91 Å². The number of piperidine rings is 1. The Bertz CT molecular complexity index is 607. The molecule has 2 fully saturated rings. The molecule has 144 valence electrons. The molecule has 0 aromatic heterocycles. The molecule has 0 aliphatic carbocycles. The van der Waals surface area contributed by atoms with Crippen LogP contribution in [0.1, 0.15) is 46.5 Å². The standard InChI is InChI=1S/C16H28N2O6S/c1-16(2,3)23-15(20)18-11-12(24-25(4,21)22)7-8-13(18)14(19)17-9-5-6-10-17/h12-13H,5-11H2,1-4H3/t12-,13-/m1/s1. The monoisotopic (exact) mass is 376 g/mol. The molecule has 9 heteroatoms. The SMILES string of the molecule is CC(C)(C)OC(=O)N1C[C@H](OS(C)(=O)=O)CC[C@@H]1C(=O)N1CCCC1. The number of ether oxygens (including phenoxy) is 1. The maximum atomic E-state index is 12.8. The molecule has 2 saturated heterocycles. The van der Waals surface area contributed by atoms with E-state index in [0.717, 1.165) is 19.1 Å². The summed E-state index contributed by atoms with van der Waals surface area (Å²) >= 11 is 0. The minimum atomic E-state index is -3.64. The van der Waals surface area contributed by atoms with Crippen molar-refractivity contribution < 1.29 is 26.9 Å². The molecule has 0 bridgehead atoms. The third-order valence-electron chi connectivity index (χ3n) is 4.18. The molecule has 2 atom stereocenters. The Morgan fingerprint density at radius 2 is 1.68 bits per heavy atom. The van der Waals surface area contributed by atoms with Crippen molar-refractivity contribution in [1.29, 1.82) is 0 Å². The third-order valence-corrected chi connectivity index (χ3v) is 4.80. The molecule has 2 aliphatic heterocycles. The molecule has 2 aliphatic rings. The zero-order chi connectivity index (χ0) is 18.8. The molecule has 0 aromatic rings. The van der Waals surface area contributed by atoms with Gasteiger partial charge < -0.3 is 9.64 Å². The summed E-state index contributed by atoms with van der Waals surface area (Å²) in [7, 11) is -3.64. The Morgan fingerprint density at radius 1 is 1.08 bits per heavy atom. The van der Waals surface area contributed by atoms with Crippen LogP contribution < -0.4 is 0 Å². The summed E-state index contributed by atoms with van der Waals surface area (Å²) in [6, 6.07) is -0.632. The van der Waals surface area contributed by atoms with Crippen LogP contribution in [0.3, 0.4) is 0 Å². The Kier molecular flexibility index (Phi) is 5.98. The van der Waals surface area contributed by atoms with E-state index in [2.05, 4.69) is 0 Å². The lowest BCUT2D eigenvalue weighted by atomic mass is 9.99. The fourth-order valence-electron chi connectivity index (χ4n) is 3.19. The summed E-state index contributed by atoms with van der Waals surface area (Å²) in [5.41, 5.74) is -0.705. The van der Waals surface area contributed by atoms with Crippen LogP contribution in [0.5, 0.6) is 0 Å². The van der Waals surface area contributed by atoms with Crippen LogP contribution in [0.25, 0.3) is 0 Å². The summed E-state index contributed by atoms with van der Waals surface area (Å²) in [5.74, 6) is -0.0961. The van der Waals surface area contributed by atoms with Crippen molar-refractivity contribution in [3.05, 3.63) is 0 Å². The molecular formula is C16H28N2O6S. The maximum absolute atomic E-state index is 12.8. The van der Waals surface area contributed by atoms with Gasteiger partial charge in [0.25, 0.3) is 10.1 Å². The van der Waals surface area contributed by atoms with Crippen LogP contribution >= 0.6 is 0 Å². The average molecular weight is 376 g/mol. The van der Waals surface area contributed by atoms with Gasteiger partial charge in [-0.05, 0) is 46.5 Å². The lowest BCUT2D eigenvalue weighted by Crippen LogP contribution is -2.57. The number of hydrogen-bond donors (Lipinski definition) is 0. The quantitative estimate of drug-likeness (QED) is 0.690. The van der Waals surface area contributed by atoms with E-state index in [0.29, 0.717) is 25.9 Å². The fourth-order valence-corrected chi connectivity index (χ4v) is 3.84. The lowest BCUT2D eigenvalue weighted by Gasteiger charge is -2.40. The Morgan fingerprint density at radius 3 is 2.20 bits per heavy atom. The molecule has 0 aromatic carbocycles. The van der Waals surface area contributed by atoms with Crippen molar-refractivity contribution in [3.63, 3.8) is 0 Å². The molecule has 0 saturated carbocycles. The van der Waals surface area contributed by atoms with E-state index in [9.17, 15) is 18.0 Å².